The Balaban J connectivity index is 3.24. The third kappa shape index (κ3) is 3.58. The van der Waals surface area contributed by atoms with Crippen molar-refractivity contribution in [3.63, 3.8) is 0 Å². The Labute approximate surface area is 103 Å². The third-order valence-corrected chi connectivity index (χ3v) is 2.36. The number of carbonyl (C=O) groups is 1. The van der Waals surface area contributed by atoms with E-state index in [0.29, 0.717) is 11.8 Å². The highest BCUT2D eigenvalue weighted by atomic mass is 79.9. The quantitative estimate of drug-likeness (QED) is 0.633. The zero-order valence-electron chi connectivity index (χ0n) is 8.55. The van der Waals surface area contributed by atoms with Crippen molar-refractivity contribution in [1.82, 2.24) is 4.98 Å². The van der Waals surface area contributed by atoms with Crippen molar-refractivity contribution in [2.75, 3.05) is 7.11 Å². The molecule has 1 heterocycles. The minimum Gasteiger partial charge on any atom is -0.491 e. The SMILES string of the molecule is COc1cc(CBr)c(C=O)nc1OC(F)(F)F. The molecule has 0 amide bonds. The second-order valence-electron chi connectivity index (χ2n) is 2.84. The molecule has 1 aromatic rings. The van der Waals surface area contributed by atoms with Gasteiger partial charge in [-0.1, -0.05) is 15.9 Å². The zero-order valence-corrected chi connectivity index (χ0v) is 10.1. The molecule has 0 bridgehead atoms. The highest BCUT2D eigenvalue weighted by molar-refractivity contribution is 9.08. The van der Waals surface area contributed by atoms with Crippen molar-refractivity contribution >= 4 is 22.2 Å². The van der Waals surface area contributed by atoms with E-state index in [1.165, 1.54) is 13.2 Å². The number of hydrogen-bond acceptors (Lipinski definition) is 4. The van der Waals surface area contributed by atoms with Gasteiger partial charge in [-0.15, -0.1) is 13.2 Å². The van der Waals surface area contributed by atoms with Gasteiger partial charge in [0.1, 0.15) is 5.69 Å². The van der Waals surface area contributed by atoms with Crippen LogP contribution in [0.2, 0.25) is 0 Å². The van der Waals surface area contributed by atoms with Gasteiger partial charge in [-0.3, -0.25) is 4.79 Å². The number of alkyl halides is 4. The highest BCUT2D eigenvalue weighted by Gasteiger charge is 2.33. The molecule has 0 atom stereocenters. The van der Waals surface area contributed by atoms with Crippen LogP contribution in [0.3, 0.4) is 0 Å². The number of hydrogen-bond donors (Lipinski definition) is 0. The summed E-state index contributed by atoms with van der Waals surface area (Å²) in [6, 6.07) is 1.26. The summed E-state index contributed by atoms with van der Waals surface area (Å²) >= 11 is 3.08. The first-order valence-corrected chi connectivity index (χ1v) is 5.38. The maximum Gasteiger partial charge on any atom is 0.574 e. The standard InChI is InChI=1S/C9H7BrF3NO3/c1-16-7-2-5(3-10)6(4-15)14-8(7)17-9(11,12)13/h2,4H,3H2,1H3. The monoisotopic (exact) mass is 313 g/mol. The first kappa shape index (κ1) is 13.8. The molecule has 0 aromatic carbocycles. The van der Waals surface area contributed by atoms with Gasteiger partial charge in [0.05, 0.1) is 7.11 Å². The number of methoxy groups -OCH3 is 1. The van der Waals surface area contributed by atoms with Crippen molar-refractivity contribution in [2.24, 2.45) is 0 Å². The normalized spacial score (nSPS) is 11.1. The van der Waals surface area contributed by atoms with Crippen molar-refractivity contribution in [3.8, 4) is 11.6 Å². The van der Waals surface area contributed by atoms with E-state index in [2.05, 4.69) is 25.7 Å². The Morgan fingerprint density at radius 1 is 1.53 bits per heavy atom. The lowest BCUT2D eigenvalue weighted by molar-refractivity contribution is -0.276. The van der Waals surface area contributed by atoms with Gasteiger partial charge in [0.2, 0.25) is 0 Å². The topological polar surface area (TPSA) is 48.4 Å². The molecule has 4 nitrogen and oxygen atoms in total. The Morgan fingerprint density at radius 3 is 2.59 bits per heavy atom. The first-order chi connectivity index (χ1) is 7.91. The van der Waals surface area contributed by atoms with E-state index in [9.17, 15) is 18.0 Å². The van der Waals surface area contributed by atoms with Gasteiger partial charge in [-0.25, -0.2) is 4.98 Å². The van der Waals surface area contributed by atoms with Crippen molar-refractivity contribution < 1.29 is 27.4 Å². The Morgan fingerprint density at radius 2 is 2.18 bits per heavy atom. The van der Waals surface area contributed by atoms with Crippen LogP contribution >= 0.6 is 15.9 Å². The van der Waals surface area contributed by atoms with E-state index >= 15 is 0 Å². The van der Waals surface area contributed by atoms with Crippen molar-refractivity contribution in [3.05, 3.63) is 17.3 Å². The summed E-state index contributed by atoms with van der Waals surface area (Å²) in [6.07, 6.45) is -4.55. The number of rotatable bonds is 4. The lowest BCUT2D eigenvalue weighted by atomic mass is 10.2. The maximum absolute atomic E-state index is 12.1. The average Bonchev–Trinajstić information content (AvgIpc) is 2.26. The fourth-order valence-electron chi connectivity index (χ4n) is 1.07. The van der Waals surface area contributed by atoms with E-state index in [0.717, 1.165) is 0 Å². The molecule has 8 heteroatoms. The maximum atomic E-state index is 12.1. The summed E-state index contributed by atoms with van der Waals surface area (Å²) in [4.78, 5) is 14.1. The Hall–Kier alpha value is -1.31. The second kappa shape index (κ2) is 5.35. The molecular weight excluding hydrogens is 307 g/mol. The summed E-state index contributed by atoms with van der Waals surface area (Å²) in [7, 11) is 1.18. The van der Waals surface area contributed by atoms with E-state index in [4.69, 9.17) is 4.74 Å². The van der Waals surface area contributed by atoms with Crippen LogP contribution in [0.5, 0.6) is 11.6 Å². The molecular formula is C9H7BrF3NO3. The number of pyridine rings is 1. The van der Waals surface area contributed by atoms with Crippen LogP contribution < -0.4 is 9.47 Å². The molecule has 0 radical (unpaired) electrons. The Kier molecular flexibility index (Phi) is 4.33. The van der Waals surface area contributed by atoms with Gasteiger partial charge in [0.15, 0.2) is 12.0 Å². The lowest BCUT2D eigenvalue weighted by Crippen LogP contribution is -2.19. The van der Waals surface area contributed by atoms with Crippen LogP contribution in [0.15, 0.2) is 6.07 Å². The van der Waals surface area contributed by atoms with E-state index < -0.39 is 12.2 Å². The number of nitrogens with zero attached hydrogens (tertiary/aromatic N) is 1. The van der Waals surface area contributed by atoms with Crippen molar-refractivity contribution in [2.45, 2.75) is 11.7 Å². The predicted octanol–water partition coefficient (Wildman–Crippen LogP) is 2.70. The fraction of sp³-hybridized carbons (Fsp3) is 0.333. The van der Waals surface area contributed by atoms with Gasteiger partial charge < -0.3 is 9.47 Å². The molecule has 0 saturated heterocycles. The van der Waals surface area contributed by atoms with E-state index in [1.807, 2.05) is 0 Å². The summed E-state index contributed by atoms with van der Waals surface area (Å²) in [5, 5.41) is 0.261. The van der Waals surface area contributed by atoms with Crippen LogP contribution in [0.4, 0.5) is 13.2 Å². The smallest absolute Gasteiger partial charge is 0.491 e. The number of halogens is 4. The highest BCUT2D eigenvalue weighted by Crippen LogP contribution is 2.32. The van der Waals surface area contributed by atoms with Gasteiger partial charge in [-0.2, -0.15) is 0 Å². The van der Waals surface area contributed by atoms with Crippen LogP contribution in [0, 0.1) is 0 Å². The molecule has 94 valence electrons. The number of ether oxygens (including phenoxy) is 2. The molecule has 1 aromatic heterocycles. The second-order valence-corrected chi connectivity index (χ2v) is 3.40. The molecule has 0 unspecified atom stereocenters. The van der Waals surface area contributed by atoms with Crippen LogP contribution in [-0.2, 0) is 5.33 Å². The summed E-state index contributed by atoms with van der Waals surface area (Å²) < 4.78 is 44.5. The molecule has 1 rings (SSSR count). The average molecular weight is 314 g/mol. The molecule has 17 heavy (non-hydrogen) atoms. The van der Waals surface area contributed by atoms with Crippen LogP contribution in [0.25, 0.3) is 0 Å². The van der Waals surface area contributed by atoms with E-state index in [1.54, 1.807) is 0 Å². The van der Waals surface area contributed by atoms with Crippen LogP contribution in [-0.4, -0.2) is 24.7 Å². The van der Waals surface area contributed by atoms with Crippen LogP contribution in [0.1, 0.15) is 16.1 Å². The minimum absolute atomic E-state index is 0.137. The lowest BCUT2D eigenvalue weighted by Gasteiger charge is -2.13. The molecule has 0 aliphatic heterocycles. The predicted molar refractivity (Wildman–Crippen MR) is 55.5 cm³/mol. The molecule has 0 fully saturated rings. The zero-order chi connectivity index (χ0) is 13.1. The van der Waals surface area contributed by atoms with Gasteiger partial charge in [0, 0.05) is 5.33 Å². The molecule has 0 spiro atoms. The summed E-state index contributed by atoms with van der Waals surface area (Å²) in [6.45, 7) is 0. The molecule has 0 aliphatic rings. The van der Waals surface area contributed by atoms with Crippen molar-refractivity contribution in [1.29, 1.82) is 0 Å². The molecule has 0 N–H and O–H groups in total. The van der Waals surface area contributed by atoms with Gasteiger partial charge in [0.25, 0.3) is 5.88 Å². The number of carbonyl (C=O) groups excluding carboxylic acids is 1. The first-order valence-electron chi connectivity index (χ1n) is 4.26. The third-order valence-electron chi connectivity index (χ3n) is 1.76. The van der Waals surface area contributed by atoms with E-state index in [-0.39, 0.29) is 16.8 Å². The minimum atomic E-state index is -4.89. The summed E-state index contributed by atoms with van der Waals surface area (Å²) in [5.41, 5.74) is 0.272. The molecule has 0 aliphatic carbocycles. The largest absolute Gasteiger partial charge is 0.574 e. The van der Waals surface area contributed by atoms with Gasteiger partial charge in [-0.05, 0) is 11.6 Å². The molecule has 0 saturated carbocycles. The fourth-order valence-corrected chi connectivity index (χ4v) is 1.52. The Bertz CT molecular complexity index is 423. The number of aldehydes is 1. The van der Waals surface area contributed by atoms with Gasteiger partial charge >= 0.3 is 6.36 Å². The number of aromatic nitrogens is 1. The summed E-state index contributed by atoms with van der Waals surface area (Å²) in [5.74, 6) is -0.978.